The number of nitrogen functional groups attached to an aromatic ring is 1. The number of benzene rings is 1. The zero-order valence-corrected chi connectivity index (χ0v) is 11.4. The maximum absolute atomic E-state index is 6.33. The number of rotatable bonds is 2. The lowest BCUT2D eigenvalue weighted by molar-refractivity contribution is 1.18. The van der Waals surface area contributed by atoms with E-state index in [4.69, 9.17) is 5.73 Å². The molecule has 3 N–H and O–H groups in total. The molecule has 3 heterocycles. The molecule has 0 saturated carbocycles. The summed E-state index contributed by atoms with van der Waals surface area (Å²) < 4.78 is 2.03. The lowest BCUT2D eigenvalue weighted by Crippen LogP contribution is -1.90. The van der Waals surface area contributed by atoms with Gasteiger partial charge in [0.15, 0.2) is 0 Å². The molecule has 0 atom stereocenters. The monoisotopic (exact) mass is 274 g/mol. The van der Waals surface area contributed by atoms with Crippen LogP contribution in [0, 0.1) is 0 Å². The molecule has 0 aliphatic carbocycles. The first-order chi connectivity index (χ1) is 10.3. The van der Waals surface area contributed by atoms with E-state index in [2.05, 4.69) is 16.5 Å². The van der Waals surface area contributed by atoms with E-state index < -0.39 is 0 Å². The van der Waals surface area contributed by atoms with Gasteiger partial charge in [0.1, 0.15) is 5.82 Å². The van der Waals surface area contributed by atoms with Crippen molar-refractivity contribution in [3.05, 3.63) is 60.9 Å². The lowest BCUT2D eigenvalue weighted by Gasteiger charge is -1.97. The van der Waals surface area contributed by atoms with Crippen LogP contribution in [0.15, 0.2) is 55.2 Å². The van der Waals surface area contributed by atoms with Crippen molar-refractivity contribution in [2.45, 2.75) is 0 Å². The predicted molar refractivity (Wildman–Crippen MR) is 87.0 cm³/mol. The summed E-state index contributed by atoms with van der Waals surface area (Å²) >= 11 is 0. The van der Waals surface area contributed by atoms with Crippen molar-refractivity contribution in [2.24, 2.45) is 0 Å². The van der Waals surface area contributed by atoms with Crippen LogP contribution >= 0.6 is 0 Å². The standard InChI is InChI=1S/C17H14N4/c1-2-13-16(18)15(14-9-5-6-10-21(13)14)17-19-11-7-3-4-8-12(11)20-17/h2-10H,1,18H2,(H,19,20). The van der Waals surface area contributed by atoms with Crippen LogP contribution in [0.5, 0.6) is 0 Å². The molecular weight excluding hydrogens is 260 g/mol. The van der Waals surface area contributed by atoms with Crippen molar-refractivity contribution in [1.29, 1.82) is 0 Å². The number of para-hydroxylation sites is 2. The van der Waals surface area contributed by atoms with Crippen molar-refractivity contribution in [1.82, 2.24) is 14.4 Å². The summed E-state index contributed by atoms with van der Waals surface area (Å²) in [7, 11) is 0. The molecule has 4 rings (SSSR count). The predicted octanol–water partition coefficient (Wildman–Crippen LogP) is 3.71. The fraction of sp³-hybridized carbons (Fsp3) is 0. The maximum Gasteiger partial charge on any atom is 0.142 e. The summed E-state index contributed by atoms with van der Waals surface area (Å²) in [5.74, 6) is 0.783. The molecule has 0 saturated heterocycles. The molecule has 0 spiro atoms. The van der Waals surface area contributed by atoms with Crippen molar-refractivity contribution >= 4 is 28.3 Å². The van der Waals surface area contributed by atoms with Crippen LogP contribution in [0.25, 0.3) is 34.0 Å². The van der Waals surface area contributed by atoms with Crippen molar-refractivity contribution in [3.63, 3.8) is 0 Å². The number of anilines is 1. The average Bonchev–Trinajstić information content (AvgIpc) is 3.04. The number of aromatic amines is 1. The molecule has 0 aliphatic heterocycles. The second-order valence-electron chi connectivity index (χ2n) is 4.94. The summed E-state index contributed by atoms with van der Waals surface area (Å²) in [6, 6.07) is 14.0. The molecule has 102 valence electrons. The Balaban J connectivity index is 2.10. The van der Waals surface area contributed by atoms with E-state index >= 15 is 0 Å². The van der Waals surface area contributed by atoms with E-state index in [0.29, 0.717) is 5.69 Å². The number of nitrogens with one attached hydrogen (secondary N) is 1. The zero-order valence-electron chi connectivity index (χ0n) is 11.4. The van der Waals surface area contributed by atoms with Gasteiger partial charge >= 0.3 is 0 Å². The van der Waals surface area contributed by atoms with E-state index in [1.165, 1.54) is 0 Å². The Kier molecular flexibility index (Phi) is 2.38. The average molecular weight is 274 g/mol. The number of aromatic nitrogens is 3. The third-order valence-corrected chi connectivity index (χ3v) is 3.74. The third kappa shape index (κ3) is 1.59. The highest BCUT2D eigenvalue weighted by atomic mass is 15.0. The number of hydrogen-bond donors (Lipinski definition) is 2. The smallest absolute Gasteiger partial charge is 0.142 e. The van der Waals surface area contributed by atoms with Crippen LogP contribution in [0.4, 0.5) is 5.69 Å². The number of hydrogen-bond acceptors (Lipinski definition) is 2. The van der Waals surface area contributed by atoms with Crippen LogP contribution in [0.2, 0.25) is 0 Å². The number of fused-ring (bicyclic) bond motifs is 2. The van der Waals surface area contributed by atoms with Gasteiger partial charge in [-0.3, -0.25) is 0 Å². The van der Waals surface area contributed by atoms with Crippen LogP contribution in [-0.4, -0.2) is 14.4 Å². The first-order valence-corrected chi connectivity index (χ1v) is 6.75. The number of H-pyrrole nitrogens is 1. The quantitative estimate of drug-likeness (QED) is 0.585. The van der Waals surface area contributed by atoms with Crippen molar-refractivity contribution in [3.8, 4) is 11.4 Å². The minimum absolute atomic E-state index is 0.690. The molecule has 3 aromatic heterocycles. The maximum atomic E-state index is 6.33. The lowest BCUT2D eigenvalue weighted by atomic mass is 10.2. The molecule has 0 unspecified atom stereocenters. The molecule has 0 amide bonds. The Hall–Kier alpha value is -3.01. The van der Waals surface area contributed by atoms with E-state index in [1.54, 1.807) is 6.08 Å². The van der Waals surface area contributed by atoms with Gasteiger partial charge in [0.05, 0.1) is 33.5 Å². The van der Waals surface area contributed by atoms with Gasteiger partial charge in [-0.1, -0.05) is 24.8 Å². The van der Waals surface area contributed by atoms with Gasteiger partial charge < -0.3 is 15.1 Å². The minimum Gasteiger partial charge on any atom is -0.396 e. The Morgan fingerprint density at radius 3 is 2.76 bits per heavy atom. The highest BCUT2D eigenvalue weighted by Gasteiger charge is 2.17. The van der Waals surface area contributed by atoms with Crippen LogP contribution < -0.4 is 5.73 Å². The van der Waals surface area contributed by atoms with E-state index in [0.717, 1.165) is 33.6 Å². The van der Waals surface area contributed by atoms with Gasteiger partial charge in [-0.25, -0.2) is 4.98 Å². The van der Waals surface area contributed by atoms with Gasteiger partial charge in [-0.2, -0.15) is 0 Å². The summed E-state index contributed by atoms with van der Waals surface area (Å²) in [6.45, 7) is 3.86. The Morgan fingerprint density at radius 2 is 1.95 bits per heavy atom. The number of nitrogens with zero attached hydrogens (tertiary/aromatic N) is 2. The zero-order chi connectivity index (χ0) is 14.4. The SMILES string of the molecule is C=Cc1c(N)c(-c2nc3ccccc3[nH]2)c2ccccn12. The molecule has 1 aromatic carbocycles. The fourth-order valence-corrected chi connectivity index (χ4v) is 2.78. The van der Waals surface area contributed by atoms with Crippen LogP contribution in [0.3, 0.4) is 0 Å². The third-order valence-electron chi connectivity index (χ3n) is 3.74. The van der Waals surface area contributed by atoms with E-state index in [1.807, 2.05) is 53.1 Å². The number of imidazole rings is 1. The van der Waals surface area contributed by atoms with E-state index in [-0.39, 0.29) is 0 Å². The highest BCUT2D eigenvalue weighted by Crippen LogP contribution is 2.35. The molecule has 4 aromatic rings. The number of nitrogens with two attached hydrogens (primary N) is 1. The first kappa shape index (κ1) is 11.8. The van der Waals surface area contributed by atoms with Gasteiger partial charge in [0.2, 0.25) is 0 Å². The molecule has 4 heteroatoms. The van der Waals surface area contributed by atoms with Gasteiger partial charge in [0.25, 0.3) is 0 Å². The molecule has 0 radical (unpaired) electrons. The Bertz CT molecular complexity index is 942. The first-order valence-electron chi connectivity index (χ1n) is 6.75. The van der Waals surface area contributed by atoms with Crippen molar-refractivity contribution in [2.75, 3.05) is 5.73 Å². The molecule has 4 nitrogen and oxygen atoms in total. The molecule has 0 bridgehead atoms. The Labute approximate surface area is 121 Å². The molecule has 0 aliphatic rings. The van der Waals surface area contributed by atoms with Crippen molar-refractivity contribution < 1.29 is 0 Å². The van der Waals surface area contributed by atoms with Gasteiger partial charge in [0, 0.05) is 6.20 Å². The summed E-state index contributed by atoms with van der Waals surface area (Å²) in [4.78, 5) is 8.00. The molecule has 0 fully saturated rings. The molecule has 21 heavy (non-hydrogen) atoms. The second-order valence-corrected chi connectivity index (χ2v) is 4.94. The largest absolute Gasteiger partial charge is 0.396 e. The van der Waals surface area contributed by atoms with Crippen LogP contribution in [0.1, 0.15) is 5.69 Å². The van der Waals surface area contributed by atoms with Gasteiger partial charge in [-0.15, -0.1) is 0 Å². The second kappa shape index (κ2) is 4.24. The molecular formula is C17H14N4. The Morgan fingerprint density at radius 1 is 1.14 bits per heavy atom. The topological polar surface area (TPSA) is 59.1 Å². The normalized spacial score (nSPS) is 11.2. The summed E-state index contributed by atoms with van der Waals surface area (Å²) in [5.41, 5.74) is 11.8. The summed E-state index contributed by atoms with van der Waals surface area (Å²) in [5, 5.41) is 0. The minimum atomic E-state index is 0.690. The van der Waals surface area contributed by atoms with E-state index in [9.17, 15) is 0 Å². The fourth-order valence-electron chi connectivity index (χ4n) is 2.78. The van der Waals surface area contributed by atoms with Crippen LogP contribution in [-0.2, 0) is 0 Å². The highest BCUT2D eigenvalue weighted by molar-refractivity contribution is 5.95. The summed E-state index contributed by atoms with van der Waals surface area (Å²) in [6.07, 6.45) is 3.75. The van der Waals surface area contributed by atoms with Gasteiger partial charge in [-0.05, 0) is 30.3 Å². The number of pyridine rings is 1.